The minimum atomic E-state index is -1.04. The first-order valence-electron chi connectivity index (χ1n) is 11.3. The smallest absolute Gasteiger partial charge is 0.255 e. The summed E-state index contributed by atoms with van der Waals surface area (Å²) < 4.78 is 5.77. The molecule has 0 spiro atoms. The number of hydrogen-bond donors (Lipinski definition) is 1. The lowest BCUT2D eigenvalue weighted by atomic mass is 10.1. The fourth-order valence-electron chi connectivity index (χ4n) is 3.88. The van der Waals surface area contributed by atoms with Crippen LogP contribution in [0.3, 0.4) is 0 Å². The van der Waals surface area contributed by atoms with Gasteiger partial charge in [-0.25, -0.2) is 0 Å². The molecule has 2 aliphatic rings. The maximum atomic E-state index is 13.3. The molecule has 1 atom stereocenters. The summed E-state index contributed by atoms with van der Waals surface area (Å²) in [5, 5.41) is 2.75. The Kier molecular flexibility index (Phi) is 8.26. The van der Waals surface area contributed by atoms with Crippen molar-refractivity contribution in [1.29, 1.82) is 0 Å². The van der Waals surface area contributed by atoms with Crippen LogP contribution in [0.4, 0.5) is 0 Å². The molecule has 3 rings (SSSR count). The van der Waals surface area contributed by atoms with Crippen LogP contribution in [0.15, 0.2) is 24.3 Å². The first kappa shape index (κ1) is 24.5. The second-order valence-electron chi connectivity index (χ2n) is 8.40. The van der Waals surface area contributed by atoms with Crippen LogP contribution in [-0.2, 0) is 14.4 Å². The minimum absolute atomic E-state index is 0.115. The molecule has 1 aromatic carbocycles. The Bertz CT molecular complexity index is 884. The number of hydrogen-bond acceptors (Lipinski definition) is 6. The van der Waals surface area contributed by atoms with Crippen molar-refractivity contribution in [3.05, 3.63) is 29.8 Å². The molecule has 10 nitrogen and oxygen atoms in total. The number of amides is 4. The molecular formula is C23H33N5O5. The van der Waals surface area contributed by atoms with E-state index in [0.29, 0.717) is 25.4 Å². The van der Waals surface area contributed by atoms with Gasteiger partial charge in [-0.2, -0.15) is 0 Å². The molecule has 10 heteroatoms. The van der Waals surface area contributed by atoms with Crippen LogP contribution in [0.25, 0.3) is 0 Å². The zero-order valence-electron chi connectivity index (χ0n) is 19.6. The number of carbonyl (C=O) groups excluding carboxylic acids is 4. The third-order valence-electron chi connectivity index (χ3n) is 6.15. The van der Waals surface area contributed by atoms with Crippen LogP contribution in [0.5, 0.6) is 5.75 Å². The molecule has 4 amide bonds. The third-order valence-corrected chi connectivity index (χ3v) is 6.15. The number of piperazine rings is 1. The quantitative estimate of drug-likeness (QED) is 0.649. The van der Waals surface area contributed by atoms with Crippen LogP contribution in [0.2, 0.25) is 0 Å². The van der Waals surface area contributed by atoms with Gasteiger partial charge in [-0.3, -0.25) is 19.2 Å². The van der Waals surface area contributed by atoms with Crippen LogP contribution in [0, 0.1) is 0 Å². The van der Waals surface area contributed by atoms with Gasteiger partial charge in [-0.15, -0.1) is 0 Å². The fourth-order valence-corrected chi connectivity index (χ4v) is 3.88. The lowest BCUT2D eigenvalue weighted by Crippen LogP contribution is -2.56. The van der Waals surface area contributed by atoms with Crippen molar-refractivity contribution in [2.75, 3.05) is 66.5 Å². The largest absolute Gasteiger partial charge is 0.491 e. The number of rotatable bonds is 2. The highest BCUT2D eigenvalue weighted by molar-refractivity contribution is 6.01. The predicted octanol–water partition coefficient (Wildman–Crippen LogP) is -0.352. The maximum absolute atomic E-state index is 13.3. The summed E-state index contributed by atoms with van der Waals surface area (Å²) in [6.07, 6.45) is -0.227. The zero-order chi connectivity index (χ0) is 24.0. The van der Waals surface area contributed by atoms with Crippen LogP contribution >= 0.6 is 0 Å². The summed E-state index contributed by atoms with van der Waals surface area (Å²) >= 11 is 0. The fraction of sp³-hybridized carbons (Fsp3) is 0.565. The molecular weight excluding hydrogens is 426 g/mol. The van der Waals surface area contributed by atoms with Gasteiger partial charge >= 0.3 is 0 Å². The van der Waals surface area contributed by atoms with Gasteiger partial charge in [0.25, 0.3) is 5.91 Å². The second-order valence-corrected chi connectivity index (χ2v) is 8.40. The Morgan fingerprint density at radius 3 is 2.39 bits per heavy atom. The average molecular weight is 460 g/mol. The second kappa shape index (κ2) is 11.1. The maximum Gasteiger partial charge on any atom is 0.255 e. The lowest BCUT2D eigenvalue weighted by molar-refractivity contribution is -0.142. The van der Waals surface area contributed by atoms with Gasteiger partial charge in [0.05, 0.1) is 25.1 Å². The topological polar surface area (TPSA) is 102 Å². The van der Waals surface area contributed by atoms with E-state index in [9.17, 15) is 19.2 Å². The van der Waals surface area contributed by atoms with Crippen LogP contribution in [0.1, 0.15) is 23.7 Å². The first-order chi connectivity index (χ1) is 15.8. The molecule has 0 unspecified atom stereocenters. The summed E-state index contributed by atoms with van der Waals surface area (Å²) in [6.45, 7) is 5.92. The molecule has 0 saturated carbocycles. The first-order valence-corrected chi connectivity index (χ1v) is 11.3. The third kappa shape index (κ3) is 6.22. The standard InChI is InChI=1S/C23H33N5O5/c1-4-27-9-11-28(12-10-27)23(32)18-15-20(29)26(3)16-21(30)25(2)13-14-33-19-8-6-5-7-17(19)22(31)24-18/h5-8,18H,4,9-16H2,1-3H3,(H,24,31)/t18-/m0/s1. The molecule has 0 aromatic heterocycles. The van der Waals surface area contributed by atoms with Gasteiger partial charge in [-0.05, 0) is 18.7 Å². The number of para-hydroxylation sites is 1. The van der Waals surface area contributed by atoms with E-state index in [4.69, 9.17) is 4.74 Å². The molecule has 0 aliphatic carbocycles. The van der Waals surface area contributed by atoms with Crippen molar-refractivity contribution < 1.29 is 23.9 Å². The zero-order valence-corrected chi connectivity index (χ0v) is 19.6. The molecule has 2 aliphatic heterocycles. The van der Waals surface area contributed by atoms with Crippen molar-refractivity contribution >= 4 is 23.6 Å². The van der Waals surface area contributed by atoms with Crippen molar-refractivity contribution in [2.24, 2.45) is 0 Å². The molecule has 1 saturated heterocycles. The Morgan fingerprint density at radius 2 is 1.70 bits per heavy atom. The van der Waals surface area contributed by atoms with E-state index in [2.05, 4.69) is 17.1 Å². The summed E-state index contributed by atoms with van der Waals surface area (Å²) in [4.78, 5) is 58.5. The molecule has 1 aromatic rings. The number of likely N-dealkylation sites (N-methyl/N-ethyl adjacent to an activating group) is 3. The SMILES string of the molecule is CCN1CCN(C(=O)[C@@H]2CC(=O)N(C)CC(=O)N(C)CCOc3ccccc3C(=O)N2)CC1. The molecule has 0 bridgehead atoms. The van der Waals surface area contributed by atoms with E-state index in [1.165, 1.54) is 16.8 Å². The highest BCUT2D eigenvalue weighted by Gasteiger charge is 2.32. The Balaban J connectivity index is 1.86. The van der Waals surface area contributed by atoms with E-state index >= 15 is 0 Å². The molecule has 1 fully saturated rings. The van der Waals surface area contributed by atoms with Crippen molar-refractivity contribution in [3.8, 4) is 5.75 Å². The number of fused-ring (bicyclic) bond motifs is 1. The van der Waals surface area contributed by atoms with Gasteiger partial charge in [0, 0.05) is 40.3 Å². The normalized spacial score (nSPS) is 21.7. The Morgan fingerprint density at radius 1 is 1.00 bits per heavy atom. The molecule has 2 heterocycles. The van der Waals surface area contributed by atoms with E-state index in [1.54, 1.807) is 36.2 Å². The van der Waals surface area contributed by atoms with Gasteiger partial charge in [0.1, 0.15) is 18.4 Å². The number of benzene rings is 1. The molecule has 0 radical (unpaired) electrons. The van der Waals surface area contributed by atoms with Gasteiger partial charge in [-0.1, -0.05) is 19.1 Å². The highest BCUT2D eigenvalue weighted by Crippen LogP contribution is 2.19. The molecule has 33 heavy (non-hydrogen) atoms. The van der Waals surface area contributed by atoms with Crippen molar-refractivity contribution in [3.63, 3.8) is 0 Å². The van der Waals surface area contributed by atoms with Crippen molar-refractivity contribution in [2.45, 2.75) is 19.4 Å². The number of nitrogens with zero attached hydrogens (tertiary/aromatic N) is 4. The number of carbonyl (C=O) groups is 4. The Hall–Kier alpha value is -3.14. The average Bonchev–Trinajstić information content (AvgIpc) is 2.82. The van der Waals surface area contributed by atoms with E-state index in [-0.39, 0.29) is 42.9 Å². The van der Waals surface area contributed by atoms with Gasteiger partial charge in [0.15, 0.2) is 0 Å². The monoisotopic (exact) mass is 459 g/mol. The van der Waals surface area contributed by atoms with Gasteiger partial charge < -0.3 is 29.7 Å². The molecule has 1 N–H and O–H groups in total. The summed E-state index contributed by atoms with van der Waals surface area (Å²) in [5.41, 5.74) is 0.276. The van der Waals surface area contributed by atoms with Crippen LogP contribution < -0.4 is 10.1 Å². The van der Waals surface area contributed by atoms with Crippen molar-refractivity contribution in [1.82, 2.24) is 24.9 Å². The van der Waals surface area contributed by atoms with E-state index < -0.39 is 11.9 Å². The predicted molar refractivity (Wildman–Crippen MR) is 122 cm³/mol. The molecule has 180 valence electrons. The number of nitrogens with one attached hydrogen (secondary N) is 1. The van der Waals surface area contributed by atoms with E-state index in [0.717, 1.165) is 19.6 Å². The Labute approximate surface area is 194 Å². The highest BCUT2D eigenvalue weighted by atomic mass is 16.5. The minimum Gasteiger partial charge on any atom is -0.491 e. The number of ether oxygens (including phenoxy) is 1. The van der Waals surface area contributed by atoms with E-state index in [1.807, 2.05) is 0 Å². The lowest BCUT2D eigenvalue weighted by Gasteiger charge is -2.36. The van der Waals surface area contributed by atoms with Gasteiger partial charge in [0.2, 0.25) is 17.7 Å². The summed E-state index contributed by atoms with van der Waals surface area (Å²) in [5.74, 6) is -1.03. The summed E-state index contributed by atoms with van der Waals surface area (Å²) in [7, 11) is 3.16. The van der Waals surface area contributed by atoms with Crippen LogP contribution in [-0.4, -0.2) is 116 Å². The summed E-state index contributed by atoms with van der Waals surface area (Å²) in [6, 6.07) is 5.70.